The molecule has 6 heteroatoms. The fraction of sp³-hybridized carbons (Fsp3) is 0.455. The fourth-order valence-electron chi connectivity index (χ4n) is 4.41. The number of aryl methyl sites for hydroxylation is 1. The molecule has 2 aliphatic heterocycles. The summed E-state index contributed by atoms with van der Waals surface area (Å²) in [6.07, 6.45) is 3.69. The van der Waals surface area contributed by atoms with Gasteiger partial charge >= 0.3 is 0 Å². The summed E-state index contributed by atoms with van der Waals surface area (Å²) in [7, 11) is 0. The molecule has 0 bridgehead atoms. The van der Waals surface area contributed by atoms with Crippen LogP contribution in [0.15, 0.2) is 47.4 Å². The molecular formula is C22H28N4O2. The van der Waals surface area contributed by atoms with Crippen LogP contribution >= 0.6 is 0 Å². The first-order valence-electron chi connectivity index (χ1n) is 10.1. The van der Waals surface area contributed by atoms with Crippen LogP contribution in [0.3, 0.4) is 0 Å². The number of aromatic amines is 1. The number of rotatable bonds is 3. The zero-order valence-electron chi connectivity index (χ0n) is 16.4. The van der Waals surface area contributed by atoms with Crippen molar-refractivity contribution in [3.05, 3.63) is 64.1 Å². The highest BCUT2D eigenvalue weighted by Gasteiger charge is 2.30. The van der Waals surface area contributed by atoms with E-state index < -0.39 is 0 Å². The second-order valence-corrected chi connectivity index (χ2v) is 7.80. The highest BCUT2D eigenvalue weighted by Crippen LogP contribution is 2.24. The highest BCUT2D eigenvalue weighted by atomic mass is 16.2. The normalized spacial score (nSPS) is 21.0. The Morgan fingerprint density at radius 1 is 1.04 bits per heavy atom. The van der Waals surface area contributed by atoms with Gasteiger partial charge in [0.2, 0.25) is 5.56 Å². The van der Waals surface area contributed by atoms with Crippen LogP contribution in [0, 0.1) is 6.92 Å². The molecule has 2 aromatic rings. The molecule has 0 spiro atoms. The van der Waals surface area contributed by atoms with E-state index in [-0.39, 0.29) is 11.5 Å². The Morgan fingerprint density at radius 2 is 1.82 bits per heavy atom. The van der Waals surface area contributed by atoms with Gasteiger partial charge in [0.25, 0.3) is 5.91 Å². The number of carbonyl (C=O) groups excluding carboxylic acids is 1. The van der Waals surface area contributed by atoms with Crippen molar-refractivity contribution >= 4 is 11.6 Å². The lowest BCUT2D eigenvalue weighted by molar-refractivity contribution is 0.0563. The van der Waals surface area contributed by atoms with Crippen molar-refractivity contribution in [3.8, 4) is 0 Å². The number of anilines is 1. The van der Waals surface area contributed by atoms with Crippen LogP contribution in [-0.2, 0) is 0 Å². The van der Waals surface area contributed by atoms with Gasteiger partial charge in [-0.25, -0.2) is 0 Å². The first-order chi connectivity index (χ1) is 13.6. The van der Waals surface area contributed by atoms with E-state index in [0.717, 1.165) is 52.1 Å². The molecule has 0 radical (unpaired) electrons. The number of hydrogen-bond acceptors (Lipinski definition) is 4. The van der Waals surface area contributed by atoms with Gasteiger partial charge in [0.05, 0.1) is 5.56 Å². The molecule has 1 amide bonds. The van der Waals surface area contributed by atoms with Crippen molar-refractivity contribution in [3.63, 3.8) is 0 Å². The van der Waals surface area contributed by atoms with Crippen molar-refractivity contribution in [2.75, 3.05) is 44.2 Å². The number of para-hydroxylation sites is 1. The topological polar surface area (TPSA) is 59.6 Å². The zero-order valence-corrected chi connectivity index (χ0v) is 16.4. The van der Waals surface area contributed by atoms with Crippen LogP contribution in [0.2, 0.25) is 0 Å². The van der Waals surface area contributed by atoms with Gasteiger partial charge in [-0.1, -0.05) is 18.2 Å². The van der Waals surface area contributed by atoms with Gasteiger partial charge in [-0.15, -0.1) is 0 Å². The van der Waals surface area contributed by atoms with Gasteiger partial charge in [0, 0.05) is 63.3 Å². The zero-order chi connectivity index (χ0) is 19.5. The van der Waals surface area contributed by atoms with Crippen LogP contribution in [0.1, 0.15) is 28.8 Å². The summed E-state index contributed by atoms with van der Waals surface area (Å²) < 4.78 is 0. The number of likely N-dealkylation sites (tertiary alicyclic amines) is 1. The van der Waals surface area contributed by atoms with Gasteiger partial charge in [-0.2, -0.15) is 0 Å². The molecule has 3 heterocycles. The number of H-pyrrole nitrogens is 1. The Kier molecular flexibility index (Phi) is 5.48. The first kappa shape index (κ1) is 18.7. The monoisotopic (exact) mass is 380 g/mol. The highest BCUT2D eigenvalue weighted by molar-refractivity contribution is 5.93. The fourth-order valence-corrected chi connectivity index (χ4v) is 4.41. The molecule has 148 valence electrons. The van der Waals surface area contributed by atoms with E-state index in [4.69, 9.17) is 0 Å². The third-order valence-electron chi connectivity index (χ3n) is 6.00. The van der Waals surface area contributed by atoms with E-state index in [2.05, 4.69) is 46.0 Å². The molecule has 6 nitrogen and oxygen atoms in total. The average molecular weight is 380 g/mol. The van der Waals surface area contributed by atoms with Crippen LogP contribution in [0.5, 0.6) is 0 Å². The van der Waals surface area contributed by atoms with E-state index in [1.165, 1.54) is 23.5 Å². The average Bonchev–Trinajstić information content (AvgIpc) is 2.74. The maximum absolute atomic E-state index is 12.8. The number of pyridine rings is 1. The molecule has 4 rings (SSSR count). The molecule has 28 heavy (non-hydrogen) atoms. The van der Waals surface area contributed by atoms with Crippen LogP contribution in [0.25, 0.3) is 0 Å². The number of piperidine rings is 1. The van der Waals surface area contributed by atoms with E-state index in [1.54, 1.807) is 6.07 Å². The summed E-state index contributed by atoms with van der Waals surface area (Å²) >= 11 is 0. The second kappa shape index (κ2) is 8.19. The second-order valence-electron chi connectivity index (χ2n) is 7.80. The number of aromatic nitrogens is 1. The van der Waals surface area contributed by atoms with Gasteiger partial charge in [-0.05, 0) is 37.5 Å². The maximum Gasteiger partial charge on any atom is 0.255 e. The lowest BCUT2D eigenvalue weighted by Crippen LogP contribution is -2.56. The van der Waals surface area contributed by atoms with Crippen molar-refractivity contribution in [1.29, 1.82) is 0 Å². The molecule has 0 unspecified atom stereocenters. The number of nitrogens with zero attached hydrogens (tertiary/aromatic N) is 3. The predicted molar refractivity (Wildman–Crippen MR) is 111 cm³/mol. The van der Waals surface area contributed by atoms with Crippen LogP contribution in [0.4, 0.5) is 5.69 Å². The largest absolute Gasteiger partial charge is 0.369 e. The molecule has 2 aliphatic rings. The van der Waals surface area contributed by atoms with E-state index in [0.29, 0.717) is 11.6 Å². The number of carbonyl (C=O) groups is 1. The summed E-state index contributed by atoms with van der Waals surface area (Å²) in [4.78, 5) is 33.6. The first-order valence-corrected chi connectivity index (χ1v) is 10.1. The molecule has 0 aliphatic carbocycles. The molecule has 1 aromatic carbocycles. The Bertz CT molecular complexity index is 866. The number of benzene rings is 1. The van der Waals surface area contributed by atoms with Gasteiger partial charge in [-0.3, -0.25) is 14.5 Å². The number of nitrogens with one attached hydrogen (secondary N) is 1. The minimum absolute atomic E-state index is 0.0134. The van der Waals surface area contributed by atoms with Crippen molar-refractivity contribution in [1.82, 2.24) is 14.8 Å². The lowest BCUT2D eigenvalue weighted by Gasteiger charge is -2.44. The molecule has 1 N–H and O–H groups in total. The SMILES string of the molecule is Cc1ccccc1N1CCN([C@H]2CCCN(C(=O)c3ccc(=O)[nH]c3)C2)CC1. The number of piperazine rings is 1. The minimum Gasteiger partial charge on any atom is -0.369 e. The lowest BCUT2D eigenvalue weighted by atomic mass is 10.0. The summed E-state index contributed by atoms with van der Waals surface area (Å²) in [6.45, 7) is 7.83. The summed E-state index contributed by atoms with van der Waals surface area (Å²) in [5.41, 5.74) is 3.04. The van der Waals surface area contributed by atoms with Crippen LogP contribution in [-0.4, -0.2) is 66.0 Å². The Morgan fingerprint density at radius 3 is 2.54 bits per heavy atom. The smallest absolute Gasteiger partial charge is 0.255 e. The summed E-state index contributed by atoms with van der Waals surface area (Å²) in [5, 5.41) is 0. The maximum atomic E-state index is 12.8. The summed E-state index contributed by atoms with van der Waals surface area (Å²) in [6, 6.07) is 12.0. The molecule has 2 fully saturated rings. The van der Waals surface area contributed by atoms with Crippen molar-refractivity contribution in [2.24, 2.45) is 0 Å². The van der Waals surface area contributed by atoms with E-state index in [9.17, 15) is 9.59 Å². The third-order valence-corrected chi connectivity index (χ3v) is 6.00. The van der Waals surface area contributed by atoms with Crippen LogP contribution < -0.4 is 10.5 Å². The molecule has 0 saturated carbocycles. The van der Waals surface area contributed by atoms with Gasteiger partial charge in [0.15, 0.2) is 0 Å². The molecule has 1 atom stereocenters. The predicted octanol–water partition coefficient (Wildman–Crippen LogP) is 2.11. The number of amides is 1. The summed E-state index contributed by atoms with van der Waals surface area (Å²) in [5.74, 6) is 0.0134. The third kappa shape index (κ3) is 3.97. The van der Waals surface area contributed by atoms with Gasteiger partial charge in [0.1, 0.15) is 0 Å². The Balaban J connectivity index is 1.36. The molecule has 1 aromatic heterocycles. The van der Waals surface area contributed by atoms with Gasteiger partial charge < -0.3 is 14.8 Å². The van der Waals surface area contributed by atoms with Crippen molar-refractivity contribution in [2.45, 2.75) is 25.8 Å². The van der Waals surface area contributed by atoms with Crippen molar-refractivity contribution < 1.29 is 4.79 Å². The minimum atomic E-state index is -0.181. The molecular weight excluding hydrogens is 352 g/mol. The van der Waals surface area contributed by atoms with E-state index in [1.807, 2.05) is 4.90 Å². The number of hydrogen-bond donors (Lipinski definition) is 1. The Hall–Kier alpha value is -2.60. The Labute approximate surface area is 165 Å². The van der Waals surface area contributed by atoms with E-state index >= 15 is 0 Å². The quantitative estimate of drug-likeness (QED) is 0.886. The standard InChI is InChI=1S/C22H28N4O2/c1-17-5-2-3-7-20(17)25-13-11-24(12-14-25)19-6-4-10-26(16-19)22(28)18-8-9-21(27)23-15-18/h2-3,5,7-9,15,19H,4,6,10-14,16H2,1H3,(H,23,27)/t19-/m0/s1. The molecule has 2 saturated heterocycles.